The maximum absolute atomic E-state index is 12.7. The van der Waals surface area contributed by atoms with E-state index in [1.807, 2.05) is 43.3 Å². The molecule has 0 saturated carbocycles. The van der Waals surface area contributed by atoms with Crippen molar-refractivity contribution in [1.29, 1.82) is 0 Å². The van der Waals surface area contributed by atoms with E-state index in [4.69, 9.17) is 4.74 Å². The van der Waals surface area contributed by atoms with Gasteiger partial charge in [0.1, 0.15) is 5.75 Å². The van der Waals surface area contributed by atoms with Gasteiger partial charge in [0.05, 0.1) is 24.4 Å². The smallest absolute Gasteiger partial charge is 0.233 e. The molecule has 6 nitrogen and oxygen atoms in total. The highest BCUT2D eigenvalue weighted by Crippen LogP contribution is 2.23. The summed E-state index contributed by atoms with van der Waals surface area (Å²) in [5, 5.41) is 0. The second-order valence-corrected chi connectivity index (χ2v) is 9.69. The number of hydrogen-bond acceptors (Lipinski definition) is 6. The monoisotopic (exact) mass is 386 g/mol. The van der Waals surface area contributed by atoms with Crippen molar-refractivity contribution in [3.05, 3.63) is 24.3 Å². The van der Waals surface area contributed by atoms with Crippen LogP contribution in [0.2, 0.25) is 0 Å². The highest BCUT2D eigenvalue weighted by Gasteiger charge is 2.34. The SMILES string of the molecule is COc1ccc(SCC(=O)N(CCN(C)C)[C@H]2CCS(=O)(=O)C2)cc1. The van der Waals surface area contributed by atoms with E-state index < -0.39 is 9.84 Å². The summed E-state index contributed by atoms with van der Waals surface area (Å²) >= 11 is 1.46. The third kappa shape index (κ3) is 6.20. The van der Waals surface area contributed by atoms with Gasteiger partial charge in [0.2, 0.25) is 5.91 Å². The van der Waals surface area contributed by atoms with Crippen molar-refractivity contribution in [1.82, 2.24) is 9.80 Å². The molecule has 0 N–H and O–H groups in total. The Morgan fingerprint density at radius 2 is 1.92 bits per heavy atom. The molecular weight excluding hydrogens is 360 g/mol. The van der Waals surface area contributed by atoms with Crippen molar-refractivity contribution in [2.24, 2.45) is 0 Å². The van der Waals surface area contributed by atoms with E-state index in [-0.39, 0.29) is 23.5 Å². The molecule has 1 atom stereocenters. The van der Waals surface area contributed by atoms with Crippen LogP contribution in [-0.2, 0) is 14.6 Å². The van der Waals surface area contributed by atoms with Crippen LogP contribution in [-0.4, -0.2) is 81.7 Å². The Balaban J connectivity index is 1.98. The minimum absolute atomic E-state index is 0.00947. The Bertz CT molecular complexity index is 674. The van der Waals surface area contributed by atoms with Crippen molar-refractivity contribution in [2.45, 2.75) is 17.4 Å². The normalized spacial score (nSPS) is 19.1. The first-order valence-corrected chi connectivity index (χ1v) is 11.0. The summed E-state index contributed by atoms with van der Waals surface area (Å²) in [6.45, 7) is 1.27. The number of thioether (sulfide) groups is 1. The molecular formula is C17H26N2O4S2. The van der Waals surface area contributed by atoms with Gasteiger partial charge in [0.25, 0.3) is 0 Å². The third-order valence-corrected chi connectivity index (χ3v) is 6.93. The lowest BCUT2D eigenvalue weighted by molar-refractivity contribution is -0.130. The molecule has 25 heavy (non-hydrogen) atoms. The van der Waals surface area contributed by atoms with E-state index in [1.54, 1.807) is 12.0 Å². The van der Waals surface area contributed by atoms with Gasteiger partial charge >= 0.3 is 0 Å². The Hall–Kier alpha value is -1.25. The number of sulfone groups is 1. The second kappa shape index (κ2) is 8.91. The van der Waals surface area contributed by atoms with Gasteiger partial charge in [-0.3, -0.25) is 4.79 Å². The number of carbonyl (C=O) groups excluding carboxylic acids is 1. The zero-order valence-corrected chi connectivity index (χ0v) is 16.6. The lowest BCUT2D eigenvalue weighted by Gasteiger charge is -2.29. The minimum atomic E-state index is -3.02. The zero-order valence-electron chi connectivity index (χ0n) is 15.0. The predicted octanol–water partition coefficient (Wildman–Crippen LogP) is 1.36. The Kier molecular flexibility index (Phi) is 7.15. The van der Waals surface area contributed by atoms with Gasteiger partial charge in [-0.1, -0.05) is 0 Å². The number of amides is 1. The topological polar surface area (TPSA) is 66.9 Å². The highest BCUT2D eigenvalue weighted by molar-refractivity contribution is 8.00. The lowest BCUT2D eigenvalue weighted by atomic mass is 10.2. The first kappa shape index (κ1) is 20.1. The van der Waals surface area contributed by atoms with Gasteiger partial charge in [0, 0.05) is 24.0 Å². The van der Waals surface area contributed by atoms with Crippen LogP contribution >= 0.6 is 11.8 Å². The van der Waals surface area contributed by atoms with Crippen molar-refractivity contribution < 1.29 is 17.9 Å². The summed E-state index contributed by atoms with van der Waals surface area (Å²) < 4.78 is 28.7. The number of hydrogen-bond donors (Lipinski definition) is 0. The molecule has 1 aliphatic rings. The van der Waals surface area contributed by atoms with Gasteiger partial charge < -0.3 is 14.5 Å². The maximum atomic E-state index is 12.7. The molecule has 1 aliphatic heterocycles. The summed E-state index contributed by atoms with van der Waals surface area (Å²) in [6, 6.07) is 7.36. The molecule has 0 bridgehead atoms. The maximum Gasteiger partial charge on any atom is 0.233 e. The average Bonchev–Trinajstić information content (AvgIpc) is 2.93. The van der Waals surface area contributed by atoms with Gasteiger partial charge in [0.15, 0.2) is 9.84 Å². The Labute approximate surface area is 154 Å². The van der Waals surface area contributed by atoms with Gasteiger partial charge in [-0.25, -0.2) is 8.42 Å². The van der Waals surface area contributed by atoms with E-state index >= 15 is 0 Å². The summed E-state index contributed by atoms with van der Waals surface area (Å²) in [4.78, 5) is 17.5. The van der Waals surface area contributed by atoms with Crippen molar-refractivity contribution in [3.63, 3.8) is 0 Å². The van der Waals surface area contributed by atoms with Crippen LogP contribution in [0.5, 0.6) is 5.75 Å². The van der Waals surface area contributed by atoms with Crippen LogP contribution in [0.25, 0.3) is 0 Å². The third-order valence-electron chi connectivity index (χ3n) is 4.18. The number of rotatable bonds is 8. The molecule has 8 heteroatoms. The lowest BCUT2D eigenvalue weighted by Crippen LogP contribution is -2.45. The van der Waals surface area contributed by atoms with Crippen LogP contribution in [0.4, 0.5) is 0 Å². The van der Waals surface area contributed by atoms with E-state index in [2.05, 4.69) is 0 Å². The van der Waals surface area contributed by atoms with Gasteiger partial charge in [-0.15, -0.1) is 11.8 Å². The minimum Gasteiger partial charge on any atom is -0.497 e. The molecule has 1 saturated heterocycles. The van der Waals surface area contributed by atoms with Crippen LogP contribution < -0.4 is 4.74 Å². The summed E-state index contributed by atoms with van der Waals surface area (Å²) in [6.07, 6.45) is 0.536. The molecule has 140 valence electrons. The Morgan fingerprint density at radius 1 is 1.24 bits per heavy atom. The summed E-state index contributed by atoms with van der Waals surface area (Å²) in [5.74, 6) is 1.33. The van der Waals surface area contributed by atoms with E-state index in [0.29, 0.717) is 18.7 Å². The molecule has 0 aliphatic carbocycles. The molecule has 0 unspecified atom stereocenters. The zero-order chi connectivity index (χ0) is 18.4. The van der Waals surface area contributed by atoms with Crippen molar-refractivity contribution in [3.8, 4) is 5.75 Å². The molecule has 1 aromatic carbocycles. The largest absolute Gasteiger partial charge is 0.497 e. The molecule has 1 amide bonds. The molecule has 0 radical (unpaired) electrons. The molecule has 1 fully saturated rings. The number of carbonyl (C=O) groups is 1. The van der Waals surface area contributed by atoms with Gasteiger partial charge in [-0.05, 0) is 44.8 Å². The fourth-order valence-electron chi connectivity index (χ4n) is 2.74. The van der Waals surface area contributed by atoms with Crippen LogP contribution in [0.3, 0.4) is 0 Å². The number of likely N-dealkylation sites (N-methyl/N-ethyl adjacent to an activating group) is 1. The van der Waals surface area contributed by atoms with Gasteiger partial charge in [-0.2, -0.15) is 0 Å². The van der Waals surface area contributed by atoms with E-state index in [0.717, 1.165) is 17.2 Å². The number of nitrogens with zero attached hydrogens (tertiary/aromatic N) is 2. The molecule has 1 heterocycles. The van der Waals surface area contributed by atoms with Crippen LogP contribution in [0.15, 0.2) is 29.2 Å². The van der Waals surface area contributed by atoms with Crippen LogP contribution in [0.1, 0.15) is 6.42 Å². The van der Waals surface area contributed by atoms with Crippen molar-refractivity contribution in [2.75, 3.05) is 51.6 Å². The fourth-order valence-corrected chi connectivity index (χ4v) is 5.25. The molecule has 0 spiro atoms. The predicted molar refractivity (Wildman–Crippen MR) is 101 cm³/mol. The first-order chi connectivity index (χ1) is 11.8. The quantitative estimate of drug-likeness (QED) is 0.629. The van der Waals surface area contributed by atoms with Crippen molar-refractivity contribution >= 4 is 27.5 Å². The second-order valence-electron chi connectivity index (χ2n) is 6.41. The van der Waals surface area contributed by atoms with Crippen LogP contribution in [0, 0.1) is 0 Å². The summed E-state index contributed by atoms with van der Waals surface area (Å²) in [5.41, 5.74) is 0. The fraction of sp³-hybridized carbons (Fsp3) is 0.588. The number of ether oxygens (including phenoxy) is 1. The summed E-state index contributed by atoms with van der Waals surface area (Å²) in [7, 11) is 2.49. The standard InChI is InChI=1S/C17H26N2O4S2/c1-18(2)9-10-19(14-8-11-25(21,22)13-14)17(20)12-24-16-6-4-15(23-3)5-7-16/h4-7,14H,8-13H2,1-3H3/t14-/m0/s1. The Morgan fingerprint density at radius 3 is 2.44 bits per heavy atom. The highest BCUT2D eigenvalue weighted by atomic mass is 32.2. The average molecular weight is 387 g/mol. The molecule has 0 aromatic heterocycles. The van der Waals surface area contributed by atoms with E-state index in [1.165, 1.54) is 11.8 Å². The molecule has 2 rings (SSSR count). The first-order valence-electron chi connectivity index (χ1n) is 8.22. The van der Waals surface area contributed by atoms with E-state index in [9.17, 15) is 13.2 Å². The molecule has 1 aromatic rings. The number of methoxy groups -OCH3 is 1. The number of benzene rings is 1.